The van der Waals surface area contributed by atoms with E-state index in [-0.39, 0.29) is 0 Å². The molecule has 0 aliphatic heterocycles. The molecule has 0 amide bonds. The molecule has 1 N–H and O–H groups in total. The third-order valence-electron chi connectivity index (χ3n) is 2.69. The van der Waals surface area contributed by atoms with Crippen molar-refractivity contribution < 1.29 is 0 Å². The zero-order chi connectivity index (χ0) is 13.0. The van der Waals surface area contributed by atoms with E-state index in [0.717, 1.165) is 30.1 Å². The second-order valence-electron chi connectivity index (χ2n) is 4.00. The predicted octanol–water partition coefficient (Wildman–Crippen LogP) is 0.751. The number of aromatic nitrogens is 6. The van der Waals surface area contributed by atoms with Crippen molar-refractivity contribution in [2.24, 2.45) is 0 Å². The lowest BCUT2D eigenvalue weighted by molar-refractivity contribution is 0.754. The molecule has 2 aromatic heterocycles. The number of aromatic amines is 1. The van der Waals surface area contributed by atoms with Gasteiger partial charge >= 0.3 is 0 Å². The van der Waals surface area contributed by atoms with Gasteiger partial charge in [0.1, 0.15) is 12.2 Å². The third-order valence-corrected chi connectivity index (χ3v) is 2.69. The molecule has 0 atom stereocenters. The van der Waals surface area contributed by atoms with Crippen LogP contribution >= 0.6 is 0 Å². The number of rotatable bonds is 5. The van der Waals surface area contributed by atoms with Crippen molar-refractivity contribution in [3.8, 4) is 0 Å². The van der Waals surface area contributed by atoms with Crippen LogP contribution in [0.25, 0.3) is 0 Å². The predicted molar refractivity (Wildman–Crippen MR) is 67.1 cm³/mol. The Kier molecular flexibility index (Phi) is 3.81. The Morgan fingerprint density at radius 2 is 1.94 bits per heavy atom. The lowest BCUT2D eigenvalue weighted by Gasteiger charge is -2.16. The number of H-pyrrole nitrogens is 1. The number of nitrogens with one attached hydrogen (secondary N) is 1. The highest BCUT2D eigenvalue weighted by Crippen LogP contribution is 2.10. The molecule has 96 valence electrons. The Morgan fingerprint density at radius 1 is 1.17 bits per heavy atom. The Morgan fingerprint density at radius 3 is 2.56 bits per heavy atom. The van der Waals surface area contributed by atoms with Gasteiger partial charge in [-0.15, -0.1) is 5.10 Å². The average Bonchev–Trinajstić information content (AvgIpc) is 2.90. The number of hydrogen-bond donors (Lipinski definition) is 1. The van der Waals surface area contributed by atoms with Gasteiger partial charge in [0, 0.05) is 7.05 Å². The summed E-state index contributed by atoms with van der Waals surface area (Å²) in [5.41, 5.74) is 1.97. The maximum absolute atomic E-state index is 4.53. The van der Waals surface area contributed by atoms with E-state index in [1.165, 1.54) is 6.33 Å². The van der Waals surface area contributed by atoms with Crippen LogP contribution in [0.4, 0.5) is 5.95 Å². The van der Waals surface area contributed by atoms with E-state index in [9.17, 15) is 0 Å². The molecule has 0 aromatic carbocycles. The van der Waals surface area contributed by atoms with Crippen molar-refractivity contribution in [1.82, 2.24) is 30.4 Å². The quantitative estimate of drug-likeness (QED) is 0.839. The fourth-order valence-corrected chi connectivity index (χ4v) is 1.69. The first-order valence-electron chi connectivity index (χ1n) is 6.02. The molecule has 0 aliphatic rings. The van der Waals surface area contributed by atoms with Gasteiger partial charge in [-0.25, -0.2) is 9.97 Å². The first-order chi connectivity index (χ1) is 8.74. The third kappa shape index (κ3) is 2.61. The van der Waals surface area contributed by atoms with Gasteiger partial charge in [-0.05, 0) is 12.8 Å². The smallest absolute Gasteiger partial charge is 0.245 e. The van der Waals surface area contributed by atoms with Crippen LogP contribution in [0.5, 0.6) is 0 Å². The lowest BCUT2D eigenvalue weighted by Crippen LogP contribution is -2.21. The van der Waals surface area contributed by atoms with Crippen molar-refractivity contribution in [2.75, 3.05) is 11.9 Å². The van der Waals surface area contributed by atoms with Gasteiger partial charge in [0.2, 0.25) is 5.95 Å². The van der Waals surface area contributed by atoms with Gasteiger partial charge < -0.3 is 4.90 Å². The summed E-state index contributed by atoms with van der Waals surface area (Å²) >= 11 is 0. The van der Waals surface area contributed by atoms with Gasteiger partial charge in [0.05, 0.1) is 17.9 Å². The second kappa shape index (κ2) is 5.52. The molecule has 7 heteroatoms. The molecular weight excluding hydrogens is 230 g/mol. The van der Waals surface area contributed by atoms with Gasteiger partial charge in [0.25, 0.3) is 0 Å². The lowest BCUT2D eigenvalue weighted by atomic mass is 10.2. The van der Waals surface area contributed by atoms with Crippen LogP contribution in [0.15, 0.2) is 6.33 Å². The van der Waals surface area contributed by atoms with Gasteiger partial charge in [-0.3, -0.25) is 5.10 Å². The second-order valence-corrected chi connectivity index (χ2v) is 4.00. The largest absolute Gasteiger partial charge is 0.335 e. The molecule has 7 nitrogen and oxygen atoms in total. The van der Waals surface area contributed by atoms with E-state index in [1.807, 2.05) is 11.9 Å². The summed E-state index contributed by atoms with van der Waals surface area (Å²) < 4.78 is 0. The van der Waals surface area contributed by atoms with E-state index in [0.29, 0.717) is 12.5 Å². The maximum Gasteiger partial charge on any atom is 0.245 e. The van der Waals surface area contributed by atoms with Gasteiger partial charge in [-0.2, -0.15) is 10.2 Å². The normalized spacial score (nSPS) is 10.6. The van der Waals surface area contributed by atoms with Crippen LogP contribution < -0.4 is 4.90 Å². The topological polar surface area (TPSA) is 83.5 Å². The highest BCUT2D eigenvalue weighted by Gasteiger charge is 2.11. The summed E-state index contributed by atoms with van der Waals surface area (Å²) in [7, 11) is 1.91. The molecule has 2 aromatic rings. The molecule has 0 aliphatic carbocycles. The Labute approximate surface area is 106 Å². The first-order valence-corrected chi connectivity index (χ1v) is 6.02. The fourth-order valence-electron chi connectivity index (χ4n) is 1.69. The van der Waals surface area contributed by atoms with Crippen molar-refractivity contribution in [3.63, 3.8) is 0 Å². The van der Waals surface area contributed by atoms with Crippen LogP contribution in [0.3, 0.4) is 0 Å². The number of nitrogens with zero attached hydrogens (tertiary/aromatic N) is 6. The summed E-state index contributed by atoms with van der Waals surface area (Å²) in [4.78, 5) is 10.5. The molecule has 2 rings (SSSR count). The SMILES string of the molecule is CCc1nnc(N(C)Cc2ncn[nH]2)nc1CC. The minimum Gasteiger partial charge on any atom is -0.335 e. The number of aryl methyl sites for hydroxylation is 2. The van der Waals surface area contributed by atoms with Crippen LogP contribution in [0.1, 0.15) is 31.1 Å². The van der Waals surface area contributed by atoms with E-state index in [4.69, 9.17) is 0 Å². The molecular formula is C11H17N7. The van der Waals surface area contributed by atoms with Crippen LogP contribution in [-0.4, -0.2) is 37.4 Å². The van der Waals surface area contributed by atoms with Gasteiger partial charge in [-0.1, -0.05) is 13.8 Å². The summed E-state index contributed by atoms with van der Waals surface area (Å²) in [6.45, 7) is 4.71. The molecule has 0 spiro atoms. The monoisotopic (exact) mass is 247 g/mol. The number of hydrogen-bond acceptors (Lipinski definition) is 6. The fraction of sp³-hybridized carbons (Fsp3) is 0.545. The first kappa shape index (κ1) is 12.4. The zero-order valence-electron chi connectivity index (χ0n) is 10.9. The summed E-state index contributed by atoms with van der Waals surface area (Å²) in [5, 5.41) is 15.0. The molecule has 0 bridgehead atoms. The van der Waals surface area contributed by atoms with E-state index < -0.39 is 0 Å². The Bertz CT molecular complexity index is 494. The van der Waals surface area contributed by atoms with E-state index >= 15 is 0 Å². The highest BCUT2D eigenvalue weighted by molar-refractivity contribution is 5.29. The standard InChI is InChI=1S/C11H17N7/c1-4-8-9(5-2)15-17-11(14-8)18(3)6-10-12-7-13-16-10/h7H,4-6H2,1-3H3,(H,12,13,16). The maximum atomic E-state index is 4.53. The Balaban J connectivity index is 2.17. The zero-order valence-corrected chi connectivity index (χ0v) is 10.9. The van der Waals surface area contributed by atoms with Crippen LogP contribution in [0, 0.1) is 0 Å². The van der Waals surface area contributed by atoms with E-state index in [2.05, 4.69) is 44.2 Å². The molecule has 0 unspecified atom stereocenters. The molecule has 0 saturated heterocycles. The molecule has 18 heavy (non-hydrogen) atoms. The molecule has 0 saturated carbocycles. The summed E-state index contributed by atoms with van der Waals surface area (Å²) in [6.07, 6.45) is 3.21. The van der Waals surface area contributed by atoms with Gasteiger partial charge in [0.15, 0.2) is 0 Å². The average molecular weight is 247 g/mol. The van der Waals surface area contributed by atoms with Crippen molar-refractivity contribution >= 4 is 5.95 Å². The minimum absolute atomic E-state index is 0.580. The molecule has 2 heterocycles. The number of anilines is 1. The Hall–Kier alpha value is -2.05. The van der Waals surface area contributed by atoms with Crippen molar-refractivity contribution in [1.29, 1.82) is 0 Å². The van der Waals surface area contributed by atoms with Crippen LogP contribution in [0.2, 0.25) is 0 Å². The molecule has 0 radical (unpaired) electrons. The van der Waals surface area contributed by atoms with E-state index in [1.54, 1.807) is 0 Å². The summed E-state index contributed by atoms with van der Waals surface area (Å²) in [5.74, 6) is 1.39. The molecule has 0 fully saturated rings. The van der Waals surface area contributed by atoms with Crippen LogP contribution in [-0.2, 0) is 19.4 Å². The van der Waals surface area contributed by atoms with Crippen molar-refractivity contribution in [3.05, 3.63) is 23.5 Å². The van der Waals surface area contributed by atoms with Crippen molar-refractivity contribution in [2.45, 2.75) is 33.2 Å². The highest BCUT2D eigenvalue weighted by atomic mass is 15.3. The minimum atomic E-state index is 0.580. The summed E-state index contributed by atoms with van der Waals surface area (Å²) in [6, 6.07) is 0.